The Hall–Kier alpha value is -4.50. The molecular weight excluding hydrogens is 464 g/mol. The van der Waals surface area contributed by atoms with Crippen LogP contribution >= 0.6 is 11.3 Å². The third-order valence-electron chi connectivity index (χ3n) is 5.42. The second-order valence-corrected chi connectivity index (χ2v) is 8.37. The van der Waals surface area contributed by atoms with Crippen LogP contribution in [0.3, 0.4) is 0 Å². The molecule has 0 atom stereocenters. The molecule has 174 valence electrons. The quantitative estimate of drug-likeness (QED) is 0.373. The van der Waals surface area contributed by atoms with E-state index in [4.69, 9.17) is 9.47 Å². The van der Waals surface area contributed by atoms with Crippen LogP contribution in [0.5, 0.6) is 11.5 Å². The lowest BCUT2D eigenvalue weighted by Crippen LogP contribution is -2.26. The molecule has 8 nitrogen and oxygen atoms in total. The zero-order chi connectivity index (χ0) is 24.4. The summed E-state index contributed by atoms with van der Waals surface area (Å²) in [6, 6.07) is 21.4. The number of nitrogens with zero attached hydrogens (tertiary/aromatic N) is 3. The Morgan fingerprint density at radius 3 is 2.37 bits per heavy atom. The maximum atomic E-state index is 13.3. The van der Waals surface area contributed by atoms with Crippen LogP contribution in [0, 0.1) is 0 Å². The molecular formula is C26H20N4O4S. The number of anilines is 1. The number of ether oxygens (including phenoxy) is 2. The first kappa shape index (κ1) is 22.3. The van der Waals surface area contributed by atoms with Gasteiger partial charge in [-0.2, -0.15) is 9.78 Å². The number of nitrogens with one attached hydrogen (secondary N) is 1. The normalized spacial score (nSPS) is 10.8. The van der Waals surface area contributed by atoms with E-state index < -0.39 is 5.91 Å². The summed E-state index contributed by atoms with van der Waals surface area (Å²) in [7, 11) is 3.15. The number of carbonyl (C=O) groups is 1. The lowest BCUT2D eigenvalue weighted by molar-refractivity contribution is 0.102. The molecule has 5 aromatic rings. The van der Waals surface area contributed by atoms with E-state index in [-0.39, 0.29) is 11.3 Å². The molecule has 0 bridgehead atoms. The van der Waals surface area contributed by atoms with Crippen LogP contribution in [0.1, 0.15) is 10.5 Å². The molecule has 2 heterocycles. The smallest absolute Gasteiger partial charge is 0.279 e. The Kier molecular flexibility index (Phi) is 5.99. The number of hydrogen-bond donors (Lipinski definition) is 1. The monoisotopic (exact) mass is 484 g/mol. The fourth-order valence-electron chi connectivity index (χ4n) is 3.72. The van der Waals surface area contributed by atoms with Crippen LogP contribution in [0.25, 0.3) is 27.7 Å². The summed E-state index contributed by atoms with van der Waals surface area (Å²) in [5.41, 5.74) is 1.90. The van der Waals surface area contributed by atoms with Crippen molar-refractivity contribution >= 4 is 33.1 Å². The van der Waals surface area contributed by atoms with Crippen molar-refractivity contribution in [3.63, 3.8) is 0 Å². The molecule has 0 saturated heterocycles. The molecule has 3 aromatic carbocycles. The summed E-state index contributed by atoms with van der Waals surface area (Å²) < 4.78 is 11.9. The van der Waals surface area contributed by atoms with Crippen LogP contribution < -0.4 is 20.3 Å². The second-order valence-electron chi connectivity index (χ2n) is 7.51. The zero-order valence-electron chi connectivity index (χ0n) is 18.9. The van der Waals surface area contributed by atoms with Gasteiger partial charge in [-0.3, -0.25) is 14.9 Å². The Labute approximate surface area is 204 Å². The van der Waals surface area contributed by atoms with E-state index in [9.17, 15) is 9.59 Å². The van der Waals surface area contributed by atoms with Gasteiger partial charge in [0.05, 0.1) is 31.0 Å². The van der Waals surface area contributed by atoms with Crippen LogP contribution in [0.4, 0.5) is 5.13 Å². The van der Waals surface area contributed by atoms with Gasteiger partial charge in [0.15, 0.2) is 22.3 Å². The highest BCUT2D eigenvalue weighted by molar-refractivity contribution is 7.14. The van der Waals surface area contributed by atoms with Crippen molar-refractivity contribution in [2.75, 3.05) is 19.5 Å². The molecule has 0 radical (unpaired) electrons. The van der Waals surface area contributed by atoms with E-state index in [0.717, 1.165) is 5.56 Å². The fourth-order valence-corrected chi connectivity index (χ4v) is 4.43. The molecule has 2 aromatic heterocycles. The number of thiazole rings is 1. The first-order valence-corrected chi connectivity index (χ1v) is 11.5. The van der Waals surface area contributed by atoms with Crippen molar-refractivity contribution < 1.29 is 14.3 Å². The number of benzene rings is 3. The lowest BCUT2D eigenvalue weighted by Gasteiger charge is -2.10. The van der Waals surface area contributed by atoms with Crippen LogP contribution in [-0.2, 0) is 0 Å². The molecule has 1 N–H and O–H groups in total. The van der Waals surface area contributed by atoms with Gasteiger partial charge in [-0.1, -0.05) is 36.4 Å². The third kappa shape index (κ3) is 4.24. The van der Waals surface area contributed by atoms with E-state index >= 15 is 0 Å². The number of hydrogen-bond acceptors (Lipinski definition) is 7. The minimum atomic E-state index is -0.459. The van der Waals surface area contributed by atoms with Crippen LogP contribution in [0.15, 0.2) is 83.0 Å². The summed E-state index contributed by atoms with van der Waals surface area (Å²) >= 11 is 1.29. The van der Waals surface area contributed by atoms with E-state index in [2.05, 4.69) is 15.4 Å². The van der Waals surface area contributed by atoms with E-state index in [1.165, 1.54) is 16.0 Å². The first-order chi connectivity index (χ1) is 17.1. The Balaban J connectivity index is 1.50. The van der Waals surface area contributed by atoms with Gasteiger partial charge in [-0.15, -0.1) is 11.3 Å². The topological polar surface area (TPSA) is 95.3 Å². The lowest BCUT2D eigenvalue weighted by atomic mass is 10.1. The summed E-state index contributed by atoms with van der Waals surface area (Å²) in [6.07, 6.45) is 0. The van der Waals surface area contributed by atoms with Gasteiger partial charge >= 0.3 is 0 Å². The zero-order valence-corrected chi connectivity index (χ0v) is 19.7. The van der Waals surface area contributed by atoms with Gasteiger partial charge in [-0.05, 0) is 36.4 Å². The molecule has 0 aliphatic carbocycles. The van der Waals surface area contributed by atoms with Crippen LogP contribution in [-0.4, -0.2) is 34.9 Å². The van der Waals surface area contributed by atoms with Gasteiger partial charge in [0.2, 0.25) is 0 Å². The minimum absolute atomic E-state index is 0.131. The molecule has 9 heteroatoms. The maximum Gasteiger partial charge on any atom is 0.279 e. The molecule has 5 rings (SSSR count). The molecule has 1 amide bonds. The number of carbonyl (C=O) groups excluding carboxylic acids is 1. The first-order valence-electron chi connectivity index (χ1n) is 10.7. The summed E-state index contributed by atoms with van der Waals surface area (Å²) in [5.74, 6) is 0.744. The largest absolute Gasteiger partial charge is 0.493 e. The van der Waals surface area contributed by atoms with Gasteiger partial charge in [-0.25, -0.2) is 4.98 Å². The number of aromatic nitrogens is 3. The maximum absolute atomic E-state index is 13.3. The average Bonchev–Trinajstić information content (AvgIpc) is 3.37. The van der Waals surface area contributed by atoms with Crippen molar-refractivity contribution in [1.82, 2.24) is 14.8 Å². The standard InChI is InChI=1S/C26H20N4O4S/c1-33-21-13-12-16(14-22(21)34-2)20-15-35-26(27-20)28-24(31)23-18-10-6-7-11-19(18)25(32)30(29-23)17-8-4-3-5-9-17/h3-15H,1-2H3,(H,27,28,31). The average molecular weight is 485 g/mol. The van der Waals surface area contributed by atoms with Crippen molar-refractivity contribution in [3.8, 4) is 28.4 Å². The highest BCUT2D eigenvalue weighted by atomic mass is 32.1. The van der Waals surface area contributed by atoms with Gasteiger partial charge < -0.3 is 9.47 Å². The molecule has 0 unspecified atom stereocenters. The van der Waals surface area contributed by atoms with E-state index in [1.807, 2.05) is 35.7 Å². The number of rotatable bonds is 6. The minimum Gasteiger partial charge on any atom is -0.493 e. The van der Waals surface area contributed by atoms with Crippen molar-refractivity contribution in [1.29, 1.82) is 0 Å². The second kappa shape index (κ2) is 9.40. The Bertz CT molecular complexity index is 1590. The van der Waals surface area contributed by atoms with Gasteiger partial charge in [0.1, 0.15) is 0 Å². The molecule has 0 fully saturated rings. The fraction of sp³-hybridized carbons (Fsp3) is 0.0769. The number of para-hydroxylation sites is 1. The molecule has 0 aliphatic rings. The predicted molar refractivity (Wildman–Crippen MR) is 136 cm³/mol. The molecule has 0 saturated carbocycles. The van der Waals surface area contributed by atoms with E-state index in [0.29, 0.717) is 38.8 Å². The van der Waals surface area contributed by atoms with Gasteiger partial charge in [0, 0.05) is 16.3 Å². The third-order valence-corrected chi connectivity index (χ3v) is 6.18. The number of methoxy groups -OCH3 is 2. The van der Waals surface area contributed by atoms with E-state index in [1.54, 1.807) is 56.7 Å². The van der Waals surface area contributed by atoms with Crippen molar-refractivity contribution in [2.24, 2.45) is 0 Å². The summed E-state index contributed by atoms with van der Waals surface area (Å²) in [4.78, 5) is 30.9. The van der Waals surface area contributed by atoms with Crippen molar-refractivity contribution in [2.45, 2.75) is 0 Å². The predicted octanol–water partition coefficient (Wildman–Crippen LogP) is 4.78. The Morgan fingerprint density at radius 2 is 1.63 bits per heavy atom. The van der Waals surface area contributed by atoms with Crippen molar-refractivity contribution in [3.05, 3.63) is 94.2 Å². The van der Waals surface area contributed by atoms with Crippen LogP contribution in [0.2, 0.25) is 0 Å². The Morgan fingerprint density at radius 1 is 0.914 bits per heavy atom. The molecule has 0 spiro atoms. The SMILES string of the molecule is COc1ccc(-c2csc(NC(=O)c3nn(-c4ccccc4)c(=O)c4ccccc34)n2)cc1OC. The molecule has 35 heavy (non-hydrogen) atoms. The molecule has 0 aliphatic heterocycles. The van der Waals surface area contributed by atoms with Gasteiger partial charge in [0.25, 0.3) is 11.5 Å². The summed E-state index contributed by atoms with van der Waals surface area (Å²) in [6.45, 7) is 0. The highest BCUT2D eigenvalue weighted by Gasteiger charge is 2.19. The number of amides is 1. The summed E-state index contributed by atoms with van der Waals surface area (Å²) in [5, 5.41) is 10.4. The highest BCUT2D eigenvalue weighted by Crippen LogP contribution is 2.33. The number of fused-ring (bicyclic) bond motifs is 1.